The second kappa shape index (κ2) is 5.40. The molecule has 1 fully saturated rings. The Kier molecular flexibility index (Phi) is 4.61. The summed E-state index contributed by atoms with van der Waals surface area (Å²) in [6.45, 7) is 9.70. The fraction of sp³-hybridized carbons (Fsp3) is 0.833. The number of ether oxygens (including phenoxy) is 1. The highest BCUT2D eigenvalue weighted by molar-refractivity contribution is 7.91. The Morgan fingerprint density at radius 1 is 1.47 bits per heavy atom. The van der Waals surface area contributed by atoms with E-state index in [9.17, 15) is 9.35 Å². The van der Waals surface area contributed by atoms with Crippen molar-refractivity contribution < 1.29 is 14.1 Å². The molecule has 0 aromatic carbocycles. The lowest BCUT2D eigenvalue weighted by Gasteiger charge is -2.18. The predicted octanol–water partition coefficient (Wildman–Crippen LogP) is 2.11. The molecule has 3 atom stereocenters. The third-order valence-electron chi connectivity index (χ3n) is 2.67. The maximum Gasteiger partial charge on any atom is 0.309 e. The van der Waals surface area contributed by atoms with E-state index in [1.165, 1.54) is 0 Å². The maximum atomic E-state index is 11.8. The zero-order valence-electron chi connectivity index (χ0n) is 11.1. The molecule has 0 saturated heterocycles. The molecule has 1 aliphatic carbocycles. The molecule has 5 heteroatoms. The molecule has 0 spiro atoms. The van der Waals surface area contributed by atoms with E-state index in [4.69, 9.17) is 4.74 Å². The van der Waals surface area contributed by atoms with Gasteiger partial charge in [0, 0.05) is 5.92 Å². The van der Waals surface area contributed by atoms with E-state index in [-0.39, 0.29) is 22.6 Å². The number of carbonyl (C=O) groups excluding carboxylic acids is 1. The average molecular weight is 259 g/mol. The number of hydrogen-bond donors (Lipinski definition) is 0. The van der Waals surface area contributed by atoms with Gasteiger partial charge in [0.15, 0.2) is 0 Å². The van der Waals surface area contributed by atoms with E-state index in [1.54, 1.807) is 6.92 Å². The van der Waals surface area contributed by atoms with Gasteiger partial charge in [-0.3, -0.25) is 4.79 Å². The van der Waals surface area contributed by atoms with Crippen LogP contribution in [0.15, 0.2) is 4.40 Å². The molecule has 0 N–H and O–H groups in total. The topological polar surface area (TPSA) is 61.7 Å². The summed E-state index contributed by atoms with van der Waals surface area (Å²) in [4.78, 5) is 11.4. The molecule has 1 saturated carbocycles. The zero-order valence-corrected chi connectivity index (χ0v) is 12.0. The quantitative estimate of drug-likeness (QED) is 0.441. The third-order valence-corrected chi connectivity index (χ3v) is 4.17. The van der Waals surface area contributed by atoms with Crippen molar-refractivity contribution in [3.05, 3.63) is 0 Å². The molecule has 0 amide bonds. The Balaban J connectivity index is 2.54. The van der Waals surface area contributed by atoms with Crippen LogP contribution in [0.25, 0.3) is 0 Å². The van der Waals surface area contributed by atoms with E-state index in [0.29, 0.717) is 6.61 Å². The summed E-state index contributed by atoms with van der Waals surface area (Å²) in [6, 6.07) is 0. The minimum atomic E-state index is -1.24. The summed E-state index contributed by atoms with van der Waals surface area (Å²) >= 11 is -1.24. The van der Waals surface area contributed by atoms with Gasteiger partial charge in [0.1, 0.15) is 16.1 Å². The summed E-state index contributed by atoms with van der Waals surface area (Å²) in [7, 11) is 0. The lowest BCUT2D eigenvalue weighted by molar-refractivity contribution is -0.144. The highest BCUT2D eigenvalue weighted by atomic mass is 32.2. The number of nitrogens with zero attached hydrogens (tertiary/aromatic N) is 1. The van der Waals surface area contributed by atoms with Crippen LogP contribution < -0.4 is 0 Å². The van der Waals surface area contributed by atoms with Crippen molar-refractivity contribution in [2.75, 3.05) is 6.61 Å². The second-order valence-electron chi connectivity index (χ2n) is 5.29. The Bertz CT molecular complexity index is 322. The summed E-state index contributed by atoms with van der Waals surface area (Å²) in [5.74, 6) is -0.107. The number of hydrogen-bond acceptors (Lipinski definition) is 4. The molecule has 0 heterocycles. The SMILES string of the molecule is CCOC(=O)[C@@H]1C[C@H]1/C(C)=N/[S+]([O-])C(C)(C)C. The van der Waals surface area contributed by atoms with Crippen LogP contribution in [0.2, 0.25) is 0 Å². The van der Waals surface area contributed by atoms with Gasteiger partial charge in [-0.15, -0.1) is 0 Å². The molecule has 17 heavy (non-hydrogen) atoms. The van der Waals surface area contributed by atoms with Crippen LogP contribution in [0.1, 0.15) is 41.0 Å². The molecule has 0 radical (unpaired) electrons. The van der Waals surface area contributed by atoms with E-state index < -0.39 is 11.4 Å². The van der Waals surface area contributed by atoms with Crippen molar-refractivity contribution >= 4 is 23.0 Å². The molecule has 0 aliphatic heterocycles. The molecule has 0 aromatic rings. The first-order valence-corrected chi connectivity index (χ1v) is 7.01. The van der Waals surface area contributed by atoms with Crippen molar-refractivity contribution in [2.24, 2.45) is 16.2 Å². The molecule has 1 aliphatic rings. The van der Waals surface area contributed by atoms with Crippen LogP contribution in [-0.4, -0.2) is 27.6 Å². The Labute approximate surface area is 106 Å². The van der Waals surface area contributed by atoms with Gasteiger partial charge in [-0.2, -0.15) is 0 Å². The van der Waals surface area contributed by atoms with Crippen LogP contribution in [0.3, 0.4) is 0 Å². The van der Waals surface area contributed by atoms with Gasteiger partial charge >= 0.3 is 5.97 Å². The fourth-order valence-corrected chi connectivity index (χ4v) is 2.17. The van der Waals surface area contributed by atoms with Crippen molar-refractivity contribution in [1.29, 1.82) is 0 Å². The molecule has 1 unspecified atom stereocenters. The largest absolute Gasteiger partial charge is 0.591 e. The van der Waals surface area contributed by atoms with Crippen molar-refractivity contribution in [1.82, 2.24) is 0 Å². The smallest absolute Gasteiger partial charge is 0.309 e. The molecule has 1 rings (SSSR count). The van der Waals surface area contributed by atoms with E-state index >= 15 is 0 Å². The van der Waals surface area contributed by atoms with Gasteiger partial charge in [0.05, 0.1) is 18.2 Å². The Hall–Kier alpha value is -0.550. The number of rotatable bonds is 4. The molecule has 98 valence electrons. The van der Waals surface area contributed by atoms with Crippen LogP contribution >= 0.6 is 0 Å². The minimum absolute atomic E-state index is 0.0735. The van der Waals surface area contributed by atoms with Gasteiger partial charge in [-0.1, -0.05) is 4.40 Å². The summed E-state index contributed by atoms with van der Waals surface area (Å²) < 4.78 is 20.6. The summed E-state index contributed by atoms with van der Waals surface area (Å²) in [5, 5.41) is 0. The highest BCUT2D eigenvalue weighted by Gasteiger charge is 2.47. The first-order chi connectivity index (χ1) is 7.77. The molecule has 0 bridgehead atoms. The fourth-order valence-electron chi connectivity index (χ4n) is 1.50. The highest BCUT2D eigenvalue weighted by Crippen LogP contribution is 2.41. The Morgan fingerprint density at radius 3 is 2.53 bits per heavy atom. The van der Waals surface area contributed by atoms with Crippen LogP contribution in [0, 0.1) is 11.8 Å². The van der Waals surface area contributed by atoms with Gasteiger partial charge in [-0.05, 0) is 41.0 Å². The first-order valence-electron chi connectivity index (χ1n) is 5.91. The molecular formula is C12H21NO3S. The minimum Gasteiger partial charge on any atom is -0.591 e. The maximum absolute atomic E-state index is 11.8. The van der Waals surface area contributed by atoms with E-state index in [1.807, 2.05) is 27.7 Å². The standard InChI is InChI=1S/C12H21NO3S/c1-6-16-11(14)10-7-9(10)8(2)13-17(15)12(3,4)5/h9-10H,6-7H2,1-5H3/b13-8+/t9-,10+,17?/m0/s1. The lowest BCUT2D eigenvalue weighted by Crippen LogP contribution is -2.27. The summed E-state index contributed by atoms with van der Waals surface area (Å²) in [5.41, 5.74) is 0.802. The van der Waals surface area contributed by atoms with Crippen LogP contribution in [0.5, 0.6) is 0 Å². The van der Waals surface area contributed by atoms with E-state index in [0.717, 1.165) is 12.1 Å². The van der Waals surface area contributed by atoms with Gasteiger partial charge in [0.2, 0.25) is 0 Å². The zero-order chi connectivity index (χ0) is 13.2. The number of carbonyl (C=O) groups is 1. The monoisotopic (exact) mass is 259 g/mol. The van der Waals surface area contributed by atoms with Gasteiger partial charge < -0.3 is 9.29 Å². The van der Waals surface area contributed by atoms with Gasteiger partial charge in [-0.25, -0.2) is 0 Å². The normalized spacial score (nSPS) is 26.6. The third kappa shape index (κ3) is 4.00. The molecule has 0 aromatic heterocycles. The average Bonchev–Trinajstić information content (AvgIpc) is 2.95. The van der Waals surface area contributed by atoms with Crippen molar-refractivity contribution in [3.63, 3.8) is 0 Å². The lowest BCUT2D eigenvalue weighted by atomic mass is 10.2. The molecule has 4 nitrogen and oxygen atoms in total. The summed E-state index contributed by atoms with van der Waals surface area (Å²) in [6.07, 6.45) is 0.773. The first kappa shape index (κ1) is 14.5. The van der Waals surface area contributed by atoms with Crippen molar-refractivity contribution in [2.45, 2.75) is 45.8 Å². The van der Waals surface area contributed by atoms with E-state index in [2.05, 4.69) is 4.40 Å². The van der Waals surface area contributed by atoms with Gasteiger partial charge in [0.25, 0.3) is 0 Å². The predicted molar refractivity (Wildman–Crippen MR) is 69.2 cm³/mol. The molecular weight excluding hydrogens is 238 g/mol. The second-order valence-corrected chi connectivity index (χ2v) is 7.20. The number of esters is 1. The van der Waals surface area contributed by atoms with Crippen molar-refractivity contribution in [3.8, 4) is 0 Å². The van der Waals surface area contributed by atoms with Crippen LogP contribution in [-0.2, 0) is 20.9 Å². The Morgan fingerprint density at radius 2 is 2.06 bits per heavy atom. The van der Waals surface area contributed by atoms with Crippen LogP contribution in [0.4, 0.5) is 0 Å².